The van der Waals surface area contributed by atoms with Gasteiger partial charge in [-0.15, -0.1) is 0 Å². The maximum Gasteiger partial charge on any atom is 0.317 e. The lowest BCUT2D eigenvalue weighted by Crippen LogP contribution is -2.46. The third-order valence-corrected chi connectivity index (χ3v) is 7.34. The number of hydrogen-bond donors (Lipinski definition) is 1. The van der Waals surface area contributed by atoms with E-state index in [1.54, 1.807) is 0 Å². The topological polar surface area (TPSA) is 58.6 Å². The molecule has 5 rings (SSSR count). The fraction of sp³-hybridized carbons (Fsp3) is 0.619. The molecule has 1 heterocycles. The summed E-state index contributed by atoms with van der Waals surface area (Å²) < 4.78 is 4.89. The van der Waals surface area contributed by atoms with Crippen molar-refractivity contribution >= 4 is 12.0 Å². The van der Waals surface area contributed by atoms with E-state index in [4.69, 9.17) is 4.74 Å². The molecule has 1 aromatic rings. The van der Waals surface area contributed by atoms with E-state index in [1.807, 2.05) is 4.90 Å². The van der Waals surface area contributed by atoms with Crippen LogP contribution < -0.4 is 5.32 Å². The molecular formula is C21H26N2O3. The number of methoxy groups -OCH3 is 1. The number of ether oxygens (including phenoxy) is 1. The number of piperidine rings is 1. The summed E-state index contributed by atoms with van der Waals surface area (Å²) in [6, 6.07) is 9.04. The van der Waals surface area contributed by atoms with Crippen molar-refractivity contribution in [1.29, 1.82) is 0 Å². The first kappa shape index (κ1) is 16.2. The zero-order chi connectivity index (χ0) is 17.9. The summed E-state index contributed by atoms with van der Waals surface area (Å²) in [5, 5.41) is 3.29. The molecule has 2 saturated carbocycles. The first-order valence-electron chi connectivity index (χ1n) is 9.84. The standard InChI is InChI=1S/C21H26N2O3/c1-26-19(24)16-12-21(16)8-10-23(11-9-21)20(25)22-18-15-7-6-13-4-2-3-5-14(13)17(15)18/h2-5,15-18H,6-12H2,1H3,(H,22,25). The van der Waals surface area contributed by atoms with Gasteiger partial charge in [0.15, 0.2) is 0 Å². The van der Waals surface area contributed by atoms with E-state index in [9.17, 15) is 9.59 Å². The molecule has 4 atom stereocenters. The lowest BCUT2D eigenvalue weighted by molar-refractivity contribution is -0.143. The van der Waals surface area contributed by atoms with Crippen molar-refractivity contribution in [2.24, 2.45) is 17.3 Å². The number of nitrogens with one attached hydrogen (secondary N) is 1. The Morgan fingerprint density at radius 1 is 1.23 bits per heavy atom. The quantitative estimate of drug-likeness (QED) is 0.831. The Morgan fingerprint density at radius 2 is 2.00 bits per heavy atom. The van der Waals surface area contributed by atoms with Crippen LogP contribution in [0.15, 0.2) is 24.3 Å². The van der Waals surface area contributed by atoms with Gasteiger partial charge in [0.25, 0.3) is 0 Å². The van der Waals surface area contributed by atoms with Gasteiger partial charge in [0.1, 0.15) is 0 Å². The van der Waals surface area contributed by atoms with E-state index in [0.717, 1.165) is 38.8 Å². The molecule has 3 aliphatic carbocycles. The van der Waals surface area contributed by atoms with Crippen molar-refractivity contribution in [3.63, 3.8) is 0 Å². The number of rotatable bonds is 2. The van der Waals surface area contributed by atoms with Crippen molar-refractivity contribution in [2.75, 3.05) is 20.2 Å². The molecule has 1 aliphatic heterocycles. The second kappa shape index (κ2) is 5.73. The number of fused-ring (bicyclic) bond motifs is 3. The van der Waals surface area contributed by atoms with Crippen LogP contribution in [0.25, 0.3) is 0 Å². The lowest BCUT2D eigenvalue weighted by Gasteiger charge is -2.32. The van der Waals surface area contributed by atoms with Crippen molar-refractivity contribution < 1.29 is 14.3 Å². The van der Waals surface area contributed by atoms with Gasteiger partial charge in [0, 0.05) is 25.0 Å². The number of hydrogen-bond acceptors (Lipinski definition) is 3. The Morgan fingerprint density at radius 3 is 2.77 bits per heavy atom. The molecule has 0 radical (unpaired) electrons. The second-order valence-corrected chi connectivity index (χ2v) is 8.53. The molecule has 138 valence electrons. The molecule has 1 saturated heterocycles. The predicted molar refractivity (Wildman–Crippen MR) is 96.7 cm³/mol. The number of likely N-dealkylation sites (tertiary alicyclic amines) is 1. The fourth-order valence-electron chi connectivity index (χ4n) is 5.53. The number of amides is 2. The summed E-state index contributed by atoms with van der Waals surface area (Å²) in [5.74, 6) is 1.09. The summed E-state index contributed by atoms with van der Waals surface area (Å²) >= 11 is 0. The number of carbonyl (C=O) groups excluding carboxylic acids is 2. The van der Waals surface area contributed by atoms with Crippen LogP contribution in [-0.2, 0) is 16.0 Å². The lowest BCUT2D eigenvalue weighted by atomic mass is 9.91. The van der Waals surface area contributed by atoms with Gasteiger partial charge >= 0.3 is 12.0 Å². The average Bonchev–Trinajstić information content (AvgIpc) is 3.57. The van der Waals surface area contributed by atoms with Crippen molar-refractivity contribution in [1.82, 2.24) is 10.2 Å². The van der Waals surface area contributed by atoms with Crippen molar-refractivity contribution in [2.45, 2.75) is 44.1 Å². The van der Waals surface area contributed by atoms with E-state index in [0.29, 0.717) is 17.9 Å². The van der Waals surface area contributed by atoms with Crippen LogP contribution in [-0.4, -0.2) is 43.1 Å². The van der Waals surface area contributed by atoms with Crippen molar-refractivity contribution in [3.05, 3.63) is 35.4 Å². The van der Waals surface area contributed by atoms with Crippen LogP contribution in [0.2, 0.25) is 0 Å². The van der Waals surface area contributed by atoms with Crippen LogP contribution in [0.5, 0.6) is 0 Å². The number of urea groups is 1. The third kappa shape index (κ3) is 2.43. The van der Waals surface area contributed by atoms with Gasteiger partial charge in [-0.1, -0.05) is 24.3 Å². The maximum absolute atomic E-state index is 12.7. The van der Waals surface area contributed by atoms with Crippen LogP contribution in [0.1, 0.15) is 42.7 Å². The Balaban J connectivity index is 1.17. The number of carbonyl (C=O) groups is 2. The van der Waals surface area contributed by atoms with Crippen LogP contribution in [0.3, 0.4) is 0 Å². The normalized spacial score (nSPS) is 33.0. The molecule has 0 bridgehead atoms. The minimum atomic E-state index is -0.0800. The van der Waals surface area contributed by atoms with E-state index in [-0.39, 0.29) is 23.3 Å². The summed E-state index contributed by atoms with van der Waals surface area (Å²) in [6.45, 7) is 1.50. The van der Waals surface area contributed by atoms with Gasteiger partial charge in [-0.2, -0.15) is 0 Å². The third-order valence-electron chi connectivity index (χ3n) is 7.34. The number of nitrogens with zero attached hydrogens (tertiary/aromatic N) is 1. The minimum absolute atomic E-state index is 0.0560. The molecule has 5 nitrogen and oxygen atoms in total. The molecule has 5 heteroatoms. The smallest absolute Gasteiger partial charge is 0.317 e. The number of benzene rings is 1. The van der Waals surface area contributed by atoms with Gasteiger partial charge in [-0.25, -0.2) is 4.79 Å². The molecule has 4 unspecified atom stereocenters. The fourth-order valence-corrected chi connectivity index (χ4v) is 5.53. The van der Waals surface area contributed by atoms with Gasteiger partial charge in [-0.3, -0.25) is 4.79 Å². The molecule has 1 N–H and O–H groups in total. The second-order valence-electron chi connectivity index (χ2n) is 8.53. The molecule has 1 spiro atoms. The molecule has 2 amide bonds. The molecule has 26 heavy (non-hydrogen) atoms. The summed E-state index contributed by atoms with van der Waals surface area (Å²) in [5.41, 5.74) is 3.00. The first-order chi connectivity index (χ1) is 12.6. The highest BCUT2D eigenvalue weighted by atomic mass is 16.5. The van der Waals surface area contributed by atoms with Gasteiger partial charge in [0.2, 0.25) is 0 Å². The van der Waals surface area contributed by atoms with Crippen molar-refractivity contribution in [3.8, 4) is 0 Å². The highest BCUT2D eigenvalue weighted by Gasteiger charge is 2.60. The van der Waals surface area contributed by atoms with E-state index in [2.05, 4.69) is 29.6 Å². The highest BCUT2D eigenvalue weighted by Crippen LogP contribution is 2.60. The Kier molecular flexibility index (Phi) is 3.56. The maximum atomic E-state index is 12.7. The first-order valence-corrected chi connectivity index (χ1v) is 9.84. The monoisotopic (exact) mass is 354 g/mol. The molecule has 1 aromatic carbocycles. The van der Waals surface area contributed by atoms with E-state index >= 15 is 0 Å². The summed E-state index contributed by atoms with van der Waals surface area (Å²) in [6.07, 6.45) is 5.07. The van der Waals surface area contributed by atoms with Crippen LogP contribution in [0.4, 0.5) is 4.79 Å². The Bertz CT molecular complexity index is 753. The largest absolute Gasteiger partial charge is 0.469 e. The van der Waals surface area contributed by atoms with Crippen LogP contribution in [0, 0.1) is 17.3 Å². The Labute approximate surface area is 154 Å². The minimum Gasteiger partial charge on any atom is -0.469 e. The van der Waals surface area contributed by atoms with Gasteiger partial charge in [0.05, 0.1) is 13.0 Å². The Hall–Kier alpha value is -2.04. The number of aryl methyl sites for hydroxylation is 1. The van der Waals surface area contributed by atoms with Gasteiger partial charge in [-0.05, 0) is 54.6 Å². The molecule has 3 fully saturated rings. The van der Waals surface area contributed by atoms with Crippen LogP contribution >= 0.6 is 0 Å². The average molecular weight is 354 g/mol. The molecular weight excluding hydrogens is 328 g/mol. The zero-order valence-corrected chi connectivity index (χ0v) is 15.2. The van der Waals surface area contributed by atoms with E-state index < -0.39 is 0 Å². The van der Waals surface area contributed by atoms with Gasteiger partial charge < -0.3 is 15.0 Å². The SMILES string of the molecule is COC(=O)C1CC12CCN(C(=O)NC1C3CCc4ccccc4C31)CC2. The molecule has 4 aliphatic rings. The summed E-state index contributed by atoms with van der Waals surface area (Å²) in [4.78, 5) is 26.4. The van der Waals surface area contributed by atoms with E-state index in [1.165, 1.54) is 24.7 Å². The summed E-state index contributed by atoms with van der Waals surface area (Å²) in [7, 11) is 1.46. The zero-order valence-electron chi connectivity index (χ0n) is 15.2. The highest BCUT2D eigenvalue weighted by molar-refractivity contribution is 5.78. The molecule has 0 aromatic heterocycles. The number of esters is 1. The predicted octanol–water partition coefficient (Wildman–Crippen LogP) is 2.70.